The van der Waals surface area contributed by atoms with Gasteiger partial charge in [-0.15, -0.1) is 0 Å². The maximum atomic E-state index is 5.83. The highest BCUT2D eigenvalue weighted by Crippen LogP contribution is 2.23. The zero-order chi connectivity index (χ0) is 12.1. The van der Waals surface area contributed by atoms with Crippen molar-refractivity contribution in [3.8, 4) is 0 Å². The molecule has 1 aromatic heterocycles. The molecule has 2 unspecified atom stereocenters. The Hall–Kier alpha value is -0.870. The largest absolute Gasteiger partial charge is 0.376 e. The van der Waals surface area contributed by atoms with Crippen LogP contribution in [-0.2, 0) is 11.8 Å². The molecule has 0 amide bonds. The second kappa shape index (κ2) is 6.01. The van der Waals surface area contributed by atoms with Gasteiger partial charge in [0.25, 0.3) is 0 Å². The van der Waals surface area contributed by atoms with E-state index >= 15 is 0 Å². The fraction of sp³-hybridized carbons (Fsp3) is 0.750. The monoisotopic (exact) mass is 225 g/mol. The molecule has 0 saturated carbocycles. The van der Waals surface area contributed by atoms with E-state index in [1.165, 1.54) is 0 Å². The van der Waals surface area contributed by atoms with Crippen LogP contribution in [-0.4, -0.2) is 29.5 Å². The third-order valence-corrected chi connectivity index (χ3v) is 2.83. The van der Waals surface area contributed by atoms with Gasteiger partial charge in [-0.2, -0.15) is 5.10 Å². The minimum atomic E-state index is 0.172. The van der Waals surface area contributed by atoms with Crippen LogP contribution in [0, 0.1) is 5.92 Å². The van der Waals surface area contributed by atoms with Crippen LogP contribution >= 0.6 is 0 Å². The number of rotatable bonds is 6. The fourth-order valence-electron chi connectivity index (χ4n) is 2.04. The molecule has 4 heteroatoms. The topological polar surface area (TPSA) is 39.1 Å². The third kappa shape index (κ3) is 2.83. The molecule has 0 saturated heterocycles. The van der Waals surface area contributed by atoms with Crippen molar-refractivity contribution in [2.75, 3.05) is 13.7 Å². The lowest BCUT2D eigenvalue weighted by atomic mass is 9.97. The molecular weight excluding hydrogens is 202 g/mol. The Kier molecular flexibility index (Phi) is 4.96. The number of ether oxygens (including phenoxy) is 1. The summed E-state index contributed by atoms with van der Waals surface area (Å²) in [5.41, 5.74) is 1.16. The first-order chi connectivity index (χ1) is 7.61. The Morgan fingerprint density at radius 3 is 2.56 bits per heavy atom. The number of likely N-dealkylation sites (N-methyl/N-ethyl adjacent to an activating group) is 1. The second-order valence-corrected chi connectivity index (χ2v) is 4.31. The third-order valence-electron chi connectivity index (χ3n) is 2.83. The molecule has 1 rings (SSSR count). The van der Waals surface area contributed by atoms with Gasteiger partial charge in [0.05, 0.1) is 17.8 Å². The van der Waals surface area contributed by atoms with Crippen LogP contribution in [0.15, 0.2) is 12.3 Å². The molecule has 0 bridgehead atoms. The van der Waals surface area contributed by atoms with Gasteiger partial charge < -0.3 is 10.1 Å². The Balaban J connectivity index is 2.90. The molecule has 4 nitrogen and oxygen atoms in total. The Bertz CT molecular complexity index is 309. The summed E-state index contributed by atoms with van der Waals surface area (Å²) in [6.45, 7) is 7.13. The Morgan fingerprint density at radius 2 is 2.19 bits per heavy atom. The van der Waals surface area contributed by atoms with E-state index in [4.69, 9.17) is 4.74 Å². The molecule has 2 atom stereocenters. The van der Waals surface area contributed by atoms with E-state index in [1.807, 2.05) is 38.0 Å². The number of aryl methyl sites for hydroxylation is 1. The molecule has 0 spiro atoms. The van der Waals surface area contributed by atoms with Crippen LogP contribution in [0.4, 0.5) is 0 Å². The van der Waals surface area contributed by atoms with Crippen LogP contribution in [0.1, 0.15) is 32.5 Å². The fourth-order valence-corrected chi connectivity index (χ4v) is 2.04. The molecule has 1 aromatic rings. The molecule has 16 heavy (non-hydrogen) atoms. The summed E-state index contributed by atoms with van der Waals surface area (Å²) in [7, 11) is 3.93. The van der Waals surface area contributed by atoms with E-state index < -0.39 is 0 Å². The summed E-state index contributed by atoms with van der Waals surface area (Å²) in [5.74, 6) is 0.465. The van der Waals surface area contributed by atoms with Crippen molar-refractivity contribution in [1.29, 1.82) is 0 Å². The van der Waals surface area contributed by atoms with Crippen molar-refractivity contribution in [3.05, 3.63) is 18.0 Å². The highest BCUT2D eigenvalue weighted by atomic mass is 16.5. The van der Waals surface area contributed by atoms with E-state index in [2.05, 4.69) is 24.3 Å². The van der Waals surface area contributed by atoms with Gasteiger partial charge in [-0.3, -0.25) is 4.68 Å². The van der Waals surface area contributed by atoms with Gasteiger partial charge in [0.15, 0.2) is 0 Å². The highest BCUT2D eigenvalue weighted by molar-refractivity contribution is 5.09. The van der Waals surface area contributed by atoms with Crippen LogP contribution < -0.4 is 5.32 Å². The standard InChI is InChI=1S/C12H23N3O/c1-6-16-12(9(2)3)11(13-4)10-7-8-14-15(10)5/h7-9,11-13H,6H2,1-5H3. The minimum absolute atomic E-state index is 0.172. The Morgan fingerprint density at radius 1 is 1.50 bits per heavy atom. The molecule has 0 aromatic carbocycles. The zero-order valence-corrected chi connectivity index (χ0v) is 10.9. The van der Waals surface area contributed by atoms with E-state index in [9.17, 15) is 0 Å². The van der Waals surface area contributed by atoms with Crippen molar-refractivity contribution >= 4 is 0 Å². The molecule has 0 radical (unpaired) electrons. The van der Waals surface area contributed by atoms with Crippen molar-refractivity contribution in [1.82, 2.24) is 15.1 Å². The lowest BCUT2D eigenvalue weighted by Crippen LogP contribution is -2.36. The van der Waals surface area contributed by atoms with Crippen LogP contribution in [0.5, 0.6) is 0 Å². The maximum absolute atomic E-state index is 5.83. The first-order valence-corrected chi connectivity index (χ1v) is 5.88. The molecule has 1 N–H and O–H groups in total. The van der Waals surface area contributed by atoms with Gasteiger partial charge in [0.2, 0.25) is 0 Å². The SMILES string of the molecule is CCOC(C(C)C)C(NC)c1ccnn1C. The molecule has 0 fully saturated rings. The number of hydrogen-bond donors (Lipinski definition) is 1. The maximum Gasteiger partial charge on any atom is 0.0807 e. The van der Waals surface area contributed by atoms with Crippen LogP contribution in [0.2, 0.25) is 0 Å². The molecule has 92 valence electrons. The molecular formula is C12H23N3O. The zero-order valence-electron chi connectivity index (χ0n) is 10.9. The molecule has 0 aliphatic rings. The van der Waals surface area contributed by atoms with Gasteiger partial charge >= 0.3 is 0 Å². The number of hydrogen-bond acceptors (Lipinski definition) is 3. The van der Waals surface area contributed by atoms with Gasteiger partial charge in [-0.05, 0) is 26.0 Å². The van der Waals surface area contributed by atoms with E-state index in [0.29, 0.717) is 5.92 Å². The van der Waals surface area contributed by atoms with Crippen molar-refractivity contribution in [2.45, 2.75) is 32.9 Å². The molecule has 1 heterocycles. The summed E-state index contributed by atoms with van der Waals surface area (Å²) in [6, 6.07) is 2.22. The van der Waals surface area contributed by atoms with Gasteiger partial charge in [0, 0.05) is 19.9 Å². The summed E-state index contributed by atoms with van der Waals surface area (Å²) in [5, 5.41) is 7.53. The van der Waals surface area contributed by atoms with Gasteiger partial charge in [-0.1, -0.05) is 13.8 Å². The summed E-state index contributed by atoms with van der Waals surface area (Å²) in [4.78, 5) is 0. The molecule has 0 aliphatic heterocycles. The highest BCUT2D eigenvalue weighted by Gasteiger charge is 2.27. The van der Waals surface area contributed by atoms with Crippen LogP contribution in [0.25, 0.3) is 0 Å². The lowest BCUT2D eigenvalue weighted by molar-refractivity contribution is 0.00277. The Labute approximate surface area is 98.0 Å². The van der Waals surface area contributed by atoms with E-state index in [0.717, 1.165) is 12.3 Å². The lowest BCUT2D eigenvalue weighted by Gasteiger charge is -2.29. The number of nitrogens with one attached hydrogen (secondary N) is 1. The second-order valence-electron chi connectivity index (χ2n) is 4.31. The summed E-state index contributed by atoms with van der Waals surface area (Å²) >= 11 is 0. The minimum Gasteiger partial charge on any atom is -0.376 e. The van der Waals surface area contributed by atoms with Crippen molar-refractivity contribution in [3.63, 3.8) is 0 Å². The normalized spacial score (nSPS) is 15.4. The smallest absolute Gasteiger partial charge is 0.0807 e. The number of aromatic nitrogens is 2. The summed E-state index contributed by atoms with van der Waals surface area (Å²) < 4.78 is 7.73. The van der Waals surface area contributed by atoms with E-state index in [-0.39, 0.29) is 12.1 Å². The first-order valence-electron chi connectivity index (χ1n) is 5.88. The average Bonchev–Trinajstić information content (AvgIpc) is 2.65. The number of nitrogens with zero attached hydrogens (tertiary/aromatic N) is 2. The van der Waals surface area contributed by atoms with Crippen molar-refractivity contribution in [2.24, 2.45) is 13.0 Å². The quantitative estimate of drug-likeness (QED) is 0.801. The predicted molar refractivity (Wildman–Crippen MR) is 65.3 cm³/mol. The van der Waals surface area contributed by atoms with E-state index in [1.54, 1.807) is 0 Å². The van der Waals surface area contributed by atoms with Gasteiger partial charge in [-0.25, -0.2) is 0 Å². The molecule has 0 aliphatic carbocycles. The van der Waals surface area contributed by atoms with Gasteiger partial charge in [0.1, 0.15) is 0 Å². The average molecular weight is 225 g/mol. The predicted octanol–water partition coefficient (Wildman–Crippen LogP) is 1.74. The van der Waals surface area contributed by atoms with Crippen LogP contribution in [0.3, 0.4) is 0 Å². The summed E-state index contributed by atoms with van der Waals surface area (Å²) in [6.07, 6.45) is 1.99. The van der Waals surface area contributed by atoms with Crippen molar-refractivity contribution < 1.29 is 4.74 Å². The first kappa shape index (κ1) is 13.2.